The van der Waals surface area contributed by atoms with Gasteiger partial charge in [-0.2, -0.15) is 0 Å². The summed E-state index contributed by atoms with van der Waals surface area (Å²) in [6, 6.07) is 3.97. The predicted molar refractivity (Wildman–Crippen MR) is 56.7 cm³/mol. The second-order valence-electron chi connectivity index (χ2n) is 4.53. The van der Waals surface area contributed by atoms with Gasteiger partial charge in [0.2, 0.25) is 0 Å². The minimum Gasteiger partial charge on any atom is -0.207 e. The van der Waals surface area contributed by atoms with Crippen molar-refractivity contribution in [3.63, 3.8) is 0 Å². The van der Waals surface area contributed by atoms with Crippen LogP contribution in [-0.2, 0) is 0 Å². The van der Waals surface area contributed by atoms with E-state index in [1.54, 1.807) is 6.07 Å². The summed E-state index contributed by atoms with van der Waals surface area (Å²) < 4.78 is 26.3. The maximum Gasteiger partial charge on any atom is 0.129 e. The smallest absolute Gasteiger partial charge is 0.129 e. The van der Waals surface area contributed by atoms with Crippen LogP contribution in [0.15, 0.2) is 18.2 Å². The fourth-order valence-corrected chi connectivity index (χ4v) is 2.58. The van der Waals surface area contributed by atoms with Gasteiger partial charge in [-0.1, -0.05) is 32.3 Å². The van der Waals surface area contributed by atoms with Crippen molar-refractivity contribution in [1.29, 1.82) is 0 Å². The van der Waals surface area contributed by atoms with Crippen LogP contribution in [0, 0.1) is 17.6 Å². The molecule has 0 aromatic heterocycles. The lowest BCUT2D eigenvalue weighted by Gasteiger charge is -2.29. The van der Waals surface area contributed by atoms with Crippen molar-refractivity contribution in [3.8, 4) is 0 Å². The van der Waals surface area contributed by atoms with Crippen molar-refractivity contribution >= 4 is 0 Å². The van der Waals surface area contributed by atoms with Crippen LogP contribution in [0.1, 0.15) is 44.1 Å². The van der Waals surface area contributed by atoms with Crippen LogP contribution < -0.4 is 0 Å². The molecule has 0 spiro atoms. The van der Waals surface area contributed by atoms with Crippen LogP contribution in [0.25, 0.3) is 0 Å². The zero-order chi connectivity index (χ0) is 10.8. The highest BCUT2D eigenvalue weighted by atomic mass is 19.1. The van der Waals surface area contributed by atoms with E-state index in [0.29, 0.717) is 11.5 Å². The van der Waals surface area contributed by atoms with E-state index in [9.17, 15) is 8.78 Å². The maximum atomic E-state index is 13.6. The van der Waals surface area contributed by atoms with Gasteiger partial charge in [0.15, 0.2) is 0 Å². The molecule has 2 heteroatoms. The Morgan fingerprint density at radius 3 is 2.53 bits per heavy atom. The molecule has 2 atom stereocenters. The van der Waals surface area contributed by atoms with Crippen LogP contribution in [0.2, 0.25) is 0 Å². The van der Waals surface area contributed by atoms with E-state index in [0.717, 1.165) is 25.3 Å². The fourth-order valence-electron chi connectivity index (χ4n) is 2.58. The molecule has 0 saturated heterocycles. The van der Waals surface area contributed by atoms with Gasteiger partial charge >= 0.3 is 0 Å². The number of rotatable bonds is 1. The Labute approximate surface area is 89.3 Å². The standard InChI is InChI=1S/C13H16F2/c1-9-4-2-3-5-11(9)12-7-6-10(14)8-13(12)15/h6-9,11H,2-5H2,1H3. The summed E-state index contributed by atoms with van der Waals surface area (Å²) in [6.07, 6.45) is 4.58. The van der Waals surface area contributed by atoms with Crippen LogP contribution in [-0.4, -0.2) is 0 Å². The zero-order valence-electron chi connectivity index (χ0n) is 8.97. The van der Waals surface area contributed by atoms with Gasteiger partial charge in [-0.15, -0.1) is 0 Å². The molecule has 0 N–H and O–H groups in total. The highest BCUT2D eigenvalue weighted by Crippen LogP contribution is 2.38. The van der Waals surface area contributed by atoms with Crippen molar-refractivity contribution in [2.45, 2.75) is 38.5 Å². The normalized spacial score (nSPS) is 26.6. The molecule has 82 valence electrons. The molecule has 0 bridgehead atoms. The number of hydrogen-bond acceptors (Lipinski definition) is 0. The minimum absolute atomic E-state index is 0.277. The molecule has 1 fully saturated rings. The molecule has 1 aliphatic rings. The number of hydrogen-bond donors (Lipinski definition) is 0. The second kappa shape index (κ2) is 4.30. The minimum atomic E-state index is -0.486. The summed E-state index contributed by atoms with van der Waals surface area (Å²) in [4.78, 5) is 0. The van der Waals surface area contributed by atoms with E-state index in [-0.39, 0.29) is 11.7 Å². The van der Waals surface area contributed by atoms with Crippen molar-refractivity contribution in [2.75, 3.05) is 0 Å². The Morgan fingerprint density at radius 2 is 1.87 bits per heavy atom. The SMILES string of the molecule is CC1CCCCC1c1ccc(F)cc1F. The maximum absolute atomic E-state index is 13.6. The Bertz CT molecular complexity index is 346. The van der Waals surface area contributed by atoms with Crippen LogP contribution in [0.4, 0.5) is 8.78 Å². The molecule has 0 nitrogen and oxygen atoms in total. The van der Waals surface area contributed by atoms with Crippen molar-refractivity contribution in [2.24, 2.45) is 5.92 Å². The molecule has 0 amide bonds. The average Bonchev–Trinajstić information content (AvgIpc) is 2.20. The van der Waals surface area contributed by atoms with E-state index in [2.05, 4.69) is 6.92 Å². The molecular formula is C13H16F2. The molecule has 1 saturated carbocycles. The van der Waals surface area contributed by atoms with Gasteiger partial charge in [-0.3, -0.25) is 0 Å². The molecule has 15 heavy (non-hydrogen) atoms. The zero-order valence-corrected chi connectivity index (χ0v) is 8.97. The van der Waals surface area contributed by atoms with Crippen LogP contribution in [0.5, 0.6) is 0 Å². The Kier molecular flexibility index (Phi) is 3.03. The van der Waals surface area contributed by atoms with Gasteiger partial charge in [0.1, 0.15) is 11.6 Å². The van der Waals surface area contributed by atoms with Crippen LogP contribution >= 0.6 is 0 Å². The van der Waals surface area contributed by atoms with Gasteiger partial charge in [0.25, 0.3) is 0 Å². The van der Waals surface area contributed by atoms with E-state index in [4.69, 9.17) is 0 Å². The van der Waals surface area contributed by atoms with Gasteiger partial charge in [-0.05, 0) is 29.9 Å². The molecule has 1 aromatic carbocycles. The van der Waals surface area contributed by atoms with E-state index in [1.165, 1.54) is 12.5 Å². The average molecular weight is 210 g/mol. The molecule has 1 aromatic rings. The Balaban J connectivity index is 2.27. The number of benzene rings is 1. The van der Waals surface area contributed by atoms with E-state index < -0.39 is 5.82 Å². The summed E-state index contributed by atoms with van der Waals surface area (Å²) in [7, 11) is 0. The lowest BCUT2D eigenvalue weighted by molar-refractivity contribution is 0.323. The van der Waals surface area contributed by atoms with E-state index in [1.807, 2.05) is 0 Å². The van der Waals surface area contributed by atoms with Crippen molar-refractivity contribution < 1.29 is 8.78 Å². The van der Waals surface area contributed by atoms with Crippen molar-refractivity contribution in [1.82, 2.24) is 0 Å². The van der Waals surface area contributed by atoms with Crippen LogP contribution in [0.3, 0.4) is 0 Å². The summed E-state index contributed by atoms with van der Waals surface area (Å²) >= 11 is 0. The first kappa shape index (κ1) is 10.6. The molecule has 0 heterocycles. The Morgan fingerprint density at radius 1 is 1.13 bits per heavy atom. The monoisotopic (exact) mass is 210 g/mol. The molecule has 2 unspecified atom stereocenters. The predicted octanol–water partition coefficient (Wildman–Crippen LogP) is 4.26. The molecule has 1 aliphatic carbocycles. The lowest BCUT2D eigenvalue weighted by atomic mass is 9.76. The van der Waals surface area contributed by atoms with Gasteiger partial charge in [-0.25, -0.2) is 8.78 Å². The van der Waals surface area contributed by atoms with Gasteiger partial charge in [0.05, 0.1) is 0 Å². The first-order chi connectivity index (χ1) is 7.18. The van der Waals surface area contributed by atoms with Crippen molar-refractivity contribution in [3.05, 3.63) is 35.4 Å². The topological polar surface area (TPSA) is 0 Å². The first-order valence-electron chi connectivity index (χ1n) is 5.63. The molecule has 2 rings (SSSR count). The van der Waals surface area contributed by atoms with E-state index >= 15 is 0 Å². The number of halogens is 2. The third-order valence-corrected chi connectivity index (χ3v) is 3.47. The molecule has 0 radical (unpaired) electrons. The summed E-state index contributed by atoms with van der Waals surface area (Å²) in [5.41, 5.74) is 0.698. The Hall–Kier alpha value is -0.920. The quantitative estimate of drug-likeness (QED) is 0.649. The second-order valence-corrected chi connectivity index (χ2v) is 4.53. The highest BCUT2D eigenvalue weighted by Gasteiger charge is 2.25. The highest BCUT2D eigenvalue weighted by molar-refractivity contribution is 5.23. The summed E-state index contributed by atoms with van der Waals surface area (Å²) in [5, 5.41) is 0. The third-order valence-electron chi connectivity index (χ3n) is 3.47. The summed E-state index contributed by atoms with van der Waals surface area (Å²) in [6.45, 7) is 2.16. The van der Waals surface area contributed by atoms with Gasteiger partial charge in [0, 0.05) is 6.07 Å². The third kappa shape index (κ3) is 2.19. The summed E-state index contributed by atoms with van der Waals surface area (Å²) in [5.74, 6) is -0.0773. The van der Waals surface area contributed by atoms with Gasteiger partial charge < -0.3 is 0 Å². The molecule has 0 aliphatic heterocycles. The lowest BCUT2D eigenvalue weighted by Crippen LogP contribution is -2.16. The fraction of sp³-hybridized carbons (Fsp3) is 0.538. The first-order valence-corrected chi connectivity index (χ1v) is 5.63. The largest absolute Gasteiger partial charge is 0.207 e. The molecular weight excluding hydrogens is 194 g/mol.